The number of benzene rings is 2. The molecule has 0 radical (unpaired) electrons. The van der Waals surface area contributed by atoms with Crippen LogP contribution in [0.5, 0.6) is 0 Å². The number of hydrogen-bond donors (Lipinski definition) is 1. The second-order valence-electron chi connectivity index (χ2n) is 6.21. The lowest BCUT2D eigenvalue weighted by molar-refractivity contribution is 0.230. The van der Waals surface area contributed by atoms with Gasteiger partial charge in [0.05, 0.1) is 34.0 Å². The number of rotatable bonds is 10. The first-order chi connectivity index (χ1) is 14.0. The Kier molecular flexibility index (Phi) is 7.84. The van der Waals surface area contributed by atoms with Gasteiger partial charge in [-0.3, -0.25) is 9.29 Å². The van der Waals surface area contributed by atoms with E-state index in [0.29, 0.717) is 0 Å². The van der Waals surface area contributed by atoms with E-state index in [1.807, 2.05) is 0 Å². The fourth-order valence-electron chi connectivity index (χ4n) is 2.52. The van der Waals surface area contributed by atoms with Crippen LogP contribution < -0.4 is 10.0 Å². The summed E-state index contributed by atoms with van der Waals surface area (Å²) in [6.45, 7) is 3.53. The van der Waals surface area contributed by atoms with E-state index in [1.54, 1.807) is 26.0 Å². The van der Waals surface area contributed by atoms with Crippen LogP contribution >= 0.6 is 7.60 Å². The lowest BCUT2D eigenvalue weighted by atomic mass is 10.3. The van der Waals surface area contributed by atoms with Crippen LogP contribution in [0.4, 0.5) is 5.69 Å². The molecule has 0 saturated heterocycles. The Morgan fingerprint density at radius 1 is 0.867 bits per heavy atom. The first-order valence-electron chi connectivity index (χ1n) is 9.02. The van der Waals surface area contributed by atoms with Crippen molar-refractivity contribution in [2.75, 3.05) is 32.0 Å². The molecule has 9 nitrogen and oxygen atoms in total. The molecular weight excluding hydrogens is 451 g/mol. The van der Waals surface area contributed by atoms with Crippen molar-refractivity contribution in [1.82, 2.24) is 4.31 Å². The predicted octanol–water partition coefficient (Wildman–Crippen LogP) is 2.63. The van der Waals surface area contributed by atoms with Crippen molar-refractivity contribution < 1.29 is 30.4 Å². The third-order valence-corrected chi connectivity index (χ3v) is 9.34. The number of anilines is 1. The van der Waals surface area contributed by atoms with Crippen molar-refractivity contribution >= 4 is 38.6 Å². The zero-order chi connectivity index (χ0) is 22.6. The maximum atomic E-state index is 13.1. The molecule has 2 aromatic carbocycles. The molecule has 12 heteroatoms. The lowest BCUT2D eigenvalue weighted by Crippen LogP contribution is -2.23. The van der Waals surface area contributed by atoms with Crippen LogP contribution in [0, 0.1) is 0 Å². The minimum Gasteiger partial charge on any atom is -0.305 e. The number of nitrogens with zero attached hydrogens (tertiary/aromatic N) is 1. The summed E-state index contributed by atoms with van der Waals surface area (Å²) in [6.07, 6.45) is 0. The molecule has 0 unspecified atom stereocenters. The van der Waals surface area contributed by atoms with Gasteiger partial charge >= 0.3 is 7.60 Å². The Balaban J connectivity index is 2.43. The lowest BCUT2D eigenvalue weighted by Gasteiger charge is -2.20. The SMILES string of the molecule is CCOP(=O)(OCC)c1ccccc1NS(=O)(=O)c1ccc(S(=O)(=O)N(C)C)cc1. The van der Waals surface area contributed by atoms with Gasteiger partial charge in [0.25, 0.3) is 10.0 Å². The second-order valence-corrected chi connectivity index (χ2v) is 12.0. The van der Waals surface area contributed by atoms with E-state index in [9.17, 15) is 21.4 Å². The van der Waals surface area contributed by atoms with Gasteiger partial charge in [0.15, 0.2) is 0 Å². The molecule has 0 aliphatic heterocycles. The summed E-state index contributed by atoms with van der Waals surface area (Å²) in [4.78, 5) is -0.193. The molecule has 0 fully saturated rings. The molecule has 2 aromatic rings. The van der Waals surface area contributed by atoms with E-state index in [2.05, 4.69) is 4.72 Å². The quantitative estimate of drug-likeness (QED) is 0.524. The first-order valence-corrected chi connectivity index (χ1v) is 13.5. The van der Waals surface area contributed by atoms with Crippen molar-refractivity contribution in [1.29, 1.82) is 0 Å². The molecule has 0 aliphatic carbocycles. The largest absolute Gasteiger partial charge is 0.363 e. The van der Waals surface area contributed by atoms with Crippen LogP contribution in [0.25, 0.3) is 0 Å². The molecule has 0 aromatic heterocycles. The van der Waals surface area contributed by atoms with Crippen molar-refractivity contribution in [3.8, 4) is 0 Å². The molecule has 0 heterocycles. The molecule has 0 saturated carbocycles. The topological polar surface area (TPSA) is 119 Å². The monoisotopic (exact) mass is 476 g/mol. The molecule has 0 amide bonds. The van der Waals surface area contributed by atoms with Gasteiger partial charge in [0.1, 0.15) is 0 Å². The van der Waals surface area contributed by atoms with E-state index in [1.165, 1.54) is 50.5 Å². The van der Waals surface area contributed by atoms with Gasteiger partial charge in [-0.15, -0.1) is 0 Å². The highest BCUT2D eigenvalue weighted by molar-refractivity contribution is 7.92. The highest BCUT2D eigenvalue weighted by Crippen LogP contribution is 2.48. The summed E-state index contributed by atoms with van der Waals surface area (Å²) in [7, 11) is -8.76. The number of nitrogens with one attached hydrogen (secondary N) is 1. The van der Waals surface area contributed by atoms with Crippen LogP contribution in [0.3, 0.4) is 0 Å². The second kappa shape index (κ2) is 9.59. The van der Waals surface area contributed by atoms with E-state index in [0.717, 1.165) is 4.31 Å². The molecule has 0 atom stereocenters. The number of sulfonamides is 2. The molecule has 166 valence electrons. The smallest absolute Gasteiger partial charge is 0.305 e. The Bertz CT molecular complexity index is 1120. The fraction of sp³-hybridized carbons (Fsp3) is 0.333. The average molecular weight is 477 g/mol. The summed E-state index contributed by atoms with van der Waals surface area (Å²) in [6, 6.07) is 10.9. The van der Waals surface area contributed by atoms with Gasteiger partial charge in [0.2, 0.25) is 10.0 Å². The van der Waals surface area contributed by atoms with Gasteiger partial charge in [-0.2, -0.15) is 0 Å². The van der Waals surface area contributed by atoms with Crippen LogP contribution in [0.15, 0.2) is 58.3 Å². The Morgan fingerprint density at radius 3 is 1.87 bits per heavy atom. The van der Waals surface area contributed by atoms with E-state index >= 15 is 0 Å². The summed E-state index contributed by atoms with van der Waals surface area (Å²) in [5.74, 6) is 0. The molecule has 30 heavy (non-hydrogen) atoms. The zero-order valence-corrected chi connectivity index (χ0v) is 19.6. The van der Waals surface area contributed by atoms with Crippen LogP contribution in [0.1, 0.15) is 13.8 Å². The van der Waals surface area contributed by atoms with Crippen molar-refractivity contribution in [3.05, 3.63) is 48.5 Å². The minimum absolute atomic E-state index is 0.0379. The van der Waals surface area contributed by atoms with E-state index in [-0.39, 0.29) is 34.0 Å². The molecule has 1 N–H and O–H groups in total. The highest BCUT2D eigenvalue weighted by atomic mass is 32.2. The van der Waals surface area contributed by atoms with E-state index < -0.39 is 27.6 Å². The Hall–Kier alpha value is -1.75. The maximum Gasteiger partial charge on any atom is 0.363 e. The standard InChI is InChI=1S/C18H25N2O7PS2/c1-5-26-28(21,27-6-2)18-10-8-7-9-17(18)19-29(22,23)15-11-13-16(14-12-15)30(24,25)20(3)4/h7-14,19H,5-6H2,1-4H3. The molecular formula is C18H25N2O7PS2. The van der Waals surface area contributed by atoms with Crippen molar-refractivity contribution in [2.45, 2.75) is 23.6 Å². The van der Waals surface area contributed by atoms with Crippen molar-refractivity contribution in [2.24, 2.45) is 0 Å². The summed E-state index contributed by atoms with van der Waals surface area (Å²) in [5, 5.41) is 0.0871. The van der Waals surface area contributed by atoms with Gasteiger partial charge in [-0.25, -0.2) is 21.1 Å². The van der Waals surface area contributed by atoms with Crippen molar-refractivity contribution in [3.63, 3.8) is 0 Å². The molecule has 2 rings (SSSR count). The maximum absolute atomic E-state index is 13.1. The number of hydrogen-bond acceptors (Lipinski definition) is 7. The number of para-hydroxylation sites is 1. The van der Waals surface area contributed by atoms with E-state index in [4.69, 9.17) is 9.05 Å². The van der Waals surface area contributed by atoms with Gasteiger partial charge < -0.3 is 9.05 Å². The summed E-state index contributed by atoms with van der Waals surface area (Å²) in [5.41, 5.74) is 0.0488. The van der Waals surface area contributed by atoms with Crippen LogP contribution in [-0.2, 0) is 33.7 Å². The average Bonchev–Trinajstić information content (AvgIpc) is 2.68. The van der Waals surface area contributed by atoms with Gasteiger partial charge in [0, 0.05) is 14.1 Å². The normalized spacial score (nSPS) is 12.8. The highest BCUT2D eigenvalue weighted by Gasteiger charge is 2.31. The summed E-state index contributed by atoms with van der Waals surface area (Å²) < 4.78 is 77.2. The molecule has 0 aliphatic rings. The Labute approximate surface area is 177 Å². The third kappa shape index (κ3) is 5.29. The third-order valence-electron chi connectivity index (χ3n) is 3.95. The molecule has 0 bridgehead atoms. The Morgan fingerprint density at radius 2 is 1.37 bits per heavy atom. The molecule has 0 spiro atoms. The van der Waals surface area contributed by atoms with Gasteiger partial charge in [-0.05, 0) is 50.2 Å². The van der Waals surface area contributed by atoms with Crippen LogP contribution in [0.2, 0.25) is 0 Å². The van der Waals surface area contributed by atoms with Crippen LogP contribution in [-0.4, -0.2) is 48.4 Å². The fourth-order valence-corrected chi connectivity index (χ4v) is 6.30. The minimum atomic E-state index is -4.10. The summed E-state index contributed by atoms with van der Waals surface area (Å²) >= 11 is 0. The van der Waals surface area contributed by atoms with Gasteiger partial charge in [-0.1, -0.05) is 12.1 Å². The first kappa shape index (κ1) is 24.5. The predicted molar refractivity (Wildman–Crippen MR) is 115 cm³/mol. The zero-order valence-electron chi connectivity index (χ0n) is 17.1.